The summed E-state index contributed by atoms with van der Waals surface area (Å²) in [6.07, 6.45) is -17.7. The topological polar surface area (TPSA) is 274 Å². The maximum Gasteiger partial charge on any atom is 0.309 e. The maximum absolute atomic E-state index is 13.6. The van der Waals surface area contributed by atoms with Crippen molar-refractivity contribution in [1.82, 2.24) is 0 Å². The van der Waals surface area contributed by atoms with Gasteiger partial charge in [-0.25, -0.2) is 0 Å². The maximum atomic E-state index is 13.6. The van der Waals surface area contributed by atoms with Crippen LogP contribution in [0.1, 0.15) is 159 Å². The Hall–Kier alpha value is -2.15. The number of aliphatic hydroxyl groups excluding tert-OH is 6. The van der Waals surface area contributed by atoms with Crippen molar-refractivity contribution in [1.29, 1.82) is 0 Å². The van der Waals surface area contributed by atoms with Gasteiger partial charge in [0, 0.05) is 6.42 Å². The van der Waals surface area contributed by atoms with Gasteiger partial charge in [0.2, 0.25) is 0 Å². The highest BCUT2D eigenvalue weighted by Gasteiger charge is 2.57. The van der Waals surface area contributed by atoms with Crippen molar-refractivity contribution < 1.29 is 97.1 Å². The summed E-state index contributed by atoms with van der Waals surface area (Å²) in [4.78, 5) is 39.8. The fraction of sp³-hybridized carbons (Fsp3) is 0.940. The molecule has 5 rings (SSSR count). The average molecular weight is 1010 g/mol. The molecule has 70 heavy (non-hydrogen) atoms. The summed E-state index contributed by atoms with van der Waals surface area (Å²) in [5.74, 6) is -3.06. The minimum Gasteiger partial charge on any atom is -0.457 e. The third-order valence-corrected chi connectivity index (χ3v) is 14.6. The number of fused-ring (bicyclic) bond motifs is 3. The summed E-state index contributed by atoms with van der Waals surface area (Å²) in [5, 5.41) is 69.3. The Kier molecular flexibility index (Phi) is 23.4. The molecule has 5 fully saturated rings. The van der Waals surface area contributed by atoms with Gasteiger partial charge in [0.1, 0.15) is 48.8 Å². The van der Waals surface area contributed by atoms with Crippen molar-refractivity contribution in [3.05, 3.63) is 0 Å². The molecule has 2 bridgehead atoms. The second kappa shape index (κ2) is 27.9. The lowest BCUT2D eigenvalue weighted by Crippen LogP contribution is -2.67. The monoisotopic (exact) mass is 1010 g/mol. The Morgan fingerprint density at radius 1 is 0.543 bits per heavy atom. The number of carbonyl (C=O) groups excluding carboxylic acids is 3. The van der Waals surface area contributed by atoms with Crippen LogP contribution in [-0.2, 0) is 66.5 Å². The van der Waals surface area contributed by atoms with E-state index in [4.69, 9.17) is 52.1 Å². The van der Waals surface area contributed by atoms with E-state index in [1.54, 1.807) is 27.7 Å². The number of unbranched alkanes of at least 4 members (excludes halogenated alkanes) is 2. The van der Waals surface area contributed by atoms with Crippen LogP contribution in [0, 0.1) is 11.8 Å². The molecule has 5 saturated heterocycles. The van der Waals surface area contributed by atoms with Gasteiger partial charge in [0.05, 0.1) is 42.4 Å². The summed E-state index contributed by atoms with van der Waals surface area (Å²) in [5.41, 5.74) is 0. The van der Waals surface area contributed by atoms with Gasteiger partial charge in [-0.05, 0) is 59.8 Å². The SMILES string of the molecule is CCCCC[C@@H]1CCCCCCCCCC(=O)O[C@H]2[C@H](O)[C@H](C)O[C@H](O[C@H]3[C@H](O1)O[C@H](C)[C@@H](O)[C@@H]3O)[C@H]2O[C@H]1O[C@@H](C)[C@H](O[C@H]2O[C@@H](C)[C@H](OC(=O)[C@H](C)CC)[C@@H](O)[C@@H]2O)[C@@H](OC(=O)[C@H](C)CC)[C@@H]1O. The van der Waals surface area contributed by atoms with Gasteiger partial charge in [0.25, 0.3) is 0 Å². The Labute approximate surface area is 413 Å². The van der Waals surface area contributed by atoms with Gasteiger partial charge < -0.3 is 82.7 Å². The fourth-order valence-corrected chi connectivity index (χ4v) is 9.46. The molecule has 0 amide bonds. The van der Waals surface area contributed by atoms with Crippen LogP contribution in [-0.4, -0.2) is 177 Å². The summed E-state index contributed by atoms with van der Waals surface area (Å²) < 4.78 is 68.1. The lowest BCUT2D eigenvalue weighted by molar-refractivity contribution is -0.397. The highest BCUT2D eigenvalue weighted by molar-refractivity contribution is 5.72. The number of carbonyl (C=O) groups is 3. The molecule has 0 spiro atoms. The van der Waals surface area contributed by atoms with Crippen LogP contribution in [0.3, 0.4) is 0 Å². The molecule has 23 atom stereocenters. The third kappa shape index (κ3) is 15.2. The van der Waals surface area contributed by atoms with Crippen LogP contribution >= 0.6 is 0 Å². The Balaban J connectivity index is 1.48. The molecule has 20 heteroatoms. The summed E-state index contributed by atoms with van der Waals surface area (Å²) >= 11 is 0. The zero-order valence-electron chi connectivity index (χ0n) is 42.8. The van der Waals surface area contributed by atoms with E-state index in [-0.39, 0.29) is 12.5 Å². The molecule has 0 unspecified atom stereocenters. The van der Waals surface area contributed by atoms with Crippen LogP contribution < -0.4 is 0 Å². The van der Waals surface area contributed by atoms with Crippen LogP contribution in [0.25, 0.3) is 0 Å². The molecule has 5 aliphatic rings. The first kappa shape index (κ1) is 58.7. The standard InChI is InChI=1S/C50H86O20/c1-10-13-19-22-31-23-20-17-15-14-16-18-21-24-32(51)65-41-34(53)28(7)61-50(69-43-35(54)33(52)27(6)60-49(43)64-31)44(41)70-48-38(57)42(67-46(59)26(5)12-3)40(30(9)63-48)68-47-37(56)36(55)39(29(8)62-47)66-45(58)25(4)11-2/h25-31,33-44,47-50,52-57H,10-24H2,1-9H3/t25-,26-,27-,28+,29+,30+,31-,33-,34-,35+,36+,37+,38+,39+,40+,41+,42+,43-,44+,47-,48-,49+,50-/m1/s1. The molecular formula is C50H86O20. The van der Waals surface area contributed by atoms with Crippen molar-refractivity contribution in [2.24, 2.45) is 11.8 Å². The van der Waals surface area contributed by atoms with E-state index in [1.807, 2.05) is 6.92 Å². The van der Waals surface area contributed by atoms with Crippen LogP contribution in [0.15, 0.2) is 0 Å². The van der Waals surface area contributed by atoms with E-state index in [9.17, 15) is 45.0 Å². The van der Waals surface area contributed by atoms with E-state index >= 15 is 0 Å². The molecule has 5 heterocycles. The summed E-state index contributed by atoms with van der Waals surface area (Å²) in [7, 11) is 0. The van der Waals surface area contributed by atoms with Crippen molar-refractivity contribution in [2.45, 2.75) is 288 Å². The Morgan fingerprint density at radius 2 is 1.09 bits per heavy atom. The van der Waals surface area contributed by atoms with Crippen LogP contribution in [0.5, 0.6) is 0 Å². The third-order valence-electron chi connectivity index (χ3n) is 14.6. The van der Waals surface area contributed by atoms with Gasteiger partial charge >= 0.3 is 17.9 Å². The van der Waals surface area contributed by atoms with Gasteiger partial charge in [-0.1, -0.05) is 92.4 Å². The van der Waals surface area contributed by atoms with E-state index in [0.717, 1.165) is 70.6 Å². The average Bonchev–Trinajstić information content (AvgIpc) is 3.33. The van der Waals surface area contributed by atoms with Gasteiger partial charge in [-0.2, -0.15) is 0 Å². The van der Waals surface area contributed by atoms with Gasteiger partial charge in [0.15, 0.2) is 49.6 Å². The number of aliphatic hydroxyl groups is 6. The predicted molar refractivity (Wildman–Crippen MR) is 247 cm³/mol. The molecule has 0 aromatic rings. The van der Waals surface area contributed by atoms with Crippen molar-refractivity contribution in [3.63, 3.8) is 0 Å². The Bertz CT molecular complexity index is 1590. The lowest BCUT2D eigenvalue weighted by Gasteiger charge is -2.50. The van der Waals surface area contributed by atoms with Crippen molar-refractivity contribution in [2.75, 3.05) is 0 Å². The zero-order chi connectivity index (χ0) is 51.4. The highest BCUT2D eigenvalue weighted by Crippen LogP contribution is 2.38. The number of rotatable bonds is 14. The molecule has 0 aliphatic carbocycles. The van der Waals surface area contributed by atoms with Crippen LogP contribution in [0.2, 0.25) is 0 Å². The molecule has 6 N–H and O–H groups in total. The fourth-order valence-electron chi connectivity index (χ4n) is 9.46. The molecule has 0 aromatic heterocycles. The van der Waals surface area contributed by atoms with Crippen molar-refractivity contribution in [3.8, 4) is 0 Å². The number of hydrogen-bond acceptors (Lipinski definition) is 20. The largest absolute Gasteiger partial charge is 0.457 e. The molecule has 0 saturated carbocycles. The smallest absolute Gasteiger partial charge is 0.309 e. The molecule has 406 valence electrons. The number of hydrogen-bond donors (Lipinski definition) is 6. The summed E-state index contributed by atoms with van der Waals surface area (Å²) in [6, 6.07) is 0. The van der Waals surface area contributed by atoms with E-state index < -0.39 is 153 Å². The zero-order valence-corrected chi connectivity index (χ0v) is 42.8. The van der Waals surface area contributed by atoms with E-state index in [1.165, 1.54) is 20.8 Å². The second-order valence-corrected chi connectivity index (χ2v) is 20.2. The quantitative estimate of drug-likeness (QED) is 0.0824. The minimum atomic E-state index is -1.89. The van der Waals surface area contributed by atoms with Gasteiger partial charge in [-0.15, -0.1) is 0 Å². The van der Waals surface area contributed by atoms with Crippen molar-refractivity contribution >= 4 is 17.9 Å². The summed E-state index contributed by atoms with van der Waals surface area (Å²) in [6.45, 7) is 15.2. The number of esters is 3. The second-order valence-electron chi connectivity index (χ2n) is 20.2. The number of ether oxygens (including phenoxy) is 11. The van der Waals surface area contributed by atoms with E-state index in [0.29, 0.717) is 19.3 Å². The van der Waals surface area contributed by atoms with Gasteiger partial charge in [-0.3, -0.25) is 14.4 Å². The molecule has 0 aromatic carbocycles. The lowest BCUT2D eigenvalue weighted by atomic mass is 9.95. The molecule has 0 radical (unpaired) electrons. The first-order chi connectivity index (χ1) is 33.3. The van der Waals surface area contributed by atoms with Crippen LogP contribution in [0.4, 0.5) is 0 Å². The molecule has 5 aliphatic heterocycles. The molecule has 20 nitrogen and oxygen atoms in total. The normalized spacial score (nSPS) is 42.7. The highest BCUT2D eigenvalue weighted by atomic mass is 16.8. The molecular weight excluding hydrogens is 921 g/mol. The Morgan fingerprint density at radius 3 is 1.71 bits per heavy atom. The first-order valence-corrected chi connectivity index (χ1v) is 26.2. The minimum absolute atomic E-state index is 0.0288. The van der Waals surface area contributed by atoms with E-state index in [2.05, 4.69) is 6.92 Å². The predicted octanol–water partition coefficient (Wildman–Crippen LogP) is 3.60. The first-order valence-electron chi connectivity index (χ1n) is 26.2.